The van der Waals surface area contributed by atoms with Gasteiger partial charge in [0, 0.05) is 0 Å². The van der Waals surface area contributed by atoms with Crippen LogP contribution in [0.4, 0.5) is 20.2 Å². The van der Waals surface area contributed by atoms with Gasteiger partial charge in [0.15, 0.2) is 0 Å². The van der Waals surface area contributed by atoms with Crippen molar-refractivity contribution in [3.8, 4) is 0 Å². The monoisotopic (exact) mass is 448 g/mol. The van der Waals surface area contributed by atoms with Crippen LogP contribution in [0.25, 0.3) is 0 Å². The molecule has 26 heavy (non-hydrogen) atoms. The van der Waals surface area contributed by atoms with Crippen LogP contribution in [0, 0.1) is 11.6 Å². The maximum Gasteiger partial charge on any atom is 0.148 e. The molecule has 4 nitrogen and oxygen atoms in total. The van der Waals surface area contributed by atoms with E-state index in [-0.39, 0.29) is 28.5 Å². The molecule has 8 heteroatoms. The van der Waals surface area contributed by atoms with E-state index in [2.05, 4.69) is 5.32 Å². The largest absolute Gasteiger partial charge is 0.320 e. The molecule has 2 aromatic carbocycles. The average molecular weight is 449 g/mol. The minimum Gasteiger partial charge on any atom is -0.320 e. The quantitative estimate of drug-likeness (QED) is 0.545. The number of para-hydroxylation sites is 1. The van der Waals surface area contributed by atoms with Crippen LogP contribution in [-0.2, 0) is 6.42 Å². The summed E-state index contributed by atoms with van der Waals surface area (Å²) in [4.78, 5) is 0. The molecule has 3 rings (SSSR count). The van der Waals surface area contributed by atoms with Crippen molar-refractivity contribution in [3.05, 3.63) is 59.7 Å². The second-order valence-corrected chi connectivity index (χ2v) is 8.31. The predicted octanol–water partition coefficient (Wildman–Crippen LogP) is 5.27. The lowest BCUT2D eigenvalue weighted by atomic mass is 10.0. The van der Waals surface area contributed by atoms with E-state index >= 15 is 0 Å². The van der Waals surface area contributed by atoms with E-state index in [1.54, 1.807) is 12.1 Å². The van der Waals surface area contributed by atoms with Crippen LogP contribution in [0.1, 0.15) is 18.4 Å². The van der Waals surface area contributed by atoms with Crippen molar-refractivity contribution >= 4 is 39.1 Å². The number of hydrogen-bond acceptors (Lipinski definition) is 4. The molecule has 0 aromatic heterocycles. The van der Waals surface area contributed by atoms with E-state index in [1.807, 2.05) is 7.05 Å². The fourth-order valence-corrected chi connectivity index (χ4v) is 5.31. The molecule has 1 aliphatic rings. The third-order valence-electron chi connectivity index (χ3n) is 4.45. The maximum absolute atomic E-state index is 14.4. The first kappa shape index (κ1) is 21.1. The van der Waals surface area contributed by atoms with E-state index in [0.717, 1.165) is 13.0 Å². The molecule has 0 aliphatic carbocycles. The molecule has 3 N–H and O–H groups in total. The molecule has 0 saturated carbocycles. The molecule has 1 aliphatic heterocycles. The minimum absolute atomic E-state index is 0. The molecule has 0 bridgehead atoms. The second-order valence-electron chi connectivity index (χ2n) is 6.15. The van der Waals surface area contributed by atoms with E-state index in [1.165, 1.54) is 34.6 Å². The lowest BCUT2D eigenvalue weighted by molar-refractivity contribution is 0.453. The number of nitrogens with one attached hydrogen (secondary N) is 1. The van der Waals surface area contributed by atoms with Gasteiger partial charge in [-0.1, -0.05) is 12.1 Å². The Balaban J connectivity index is 0.00000243. The van der Waals surface area contributed by atoms with Crippen molar-refractivity contribution in [2.45, 2.75) is 24.5 Å². The van der Waals surface area contributed by atoms with Gasteiger partial charge in [0.2, 0.25) is 0 Å². The van der Waals surface area contributed by atoms with Gasteiger partial charge in [-0.05, 0) is 68.8 Å². The Bertz CT molecular complexity index is 764. The standard InChI is InChI=1S/C18H22F2N2O2S.BrH/c1-21-10-4-5-15-12-13-11-14(19)8-9-17(13)22(25(15,23)24)18-7-3-2-6-16(18)20;/h2-3,6-9,11,15,21,23-24H,4-5,10,12H2,1H3;1H. The Labute approximate surface area is 164 Å². The highest BCUT2D eigenvalue weighted by Gasteiger charge is 2.40. The van der Waals surface area contributed by atoms with Crippen LogP contribution in [0.5, 0.6) is 0 Å². The lowest BCUT2D eigenvalue weighted by Gasteiger charge is -2.53. The lowest BCUT2D eigenvalue weighted by Crippen LogP contribution is -2.38. The van der Waals surface area contributed by atoms with Crippen molar-refractivity contribution in [2.24, 2.45) is 0 Å². The Morgan fingerprint density at radius 3 is 2.58 bits per heavy atom. The summed E-state index contributed by atoms with van der Waals surface area (Å²) in [5, 5.41) is 2.54. The van der Waals surface area contributed by atoms with Crippen molar-refractivity contribution in [1.29, 1.82) is 0 Å². The number of benzene rings is 2. The third kappa shape index (κ3) is 4.04. The van der Waals surface area contributed by atoms with Crippen molar-refractivity contribution in [1.82, 2.24) is 5.32 Å². The Hall–Kier alpha value is -1.19. The molecular weight excluding hydrogens is 426 g/mol. The van der Waals surface area contributed by atoms with Crippen LogP contribution in [-0.4, -0.2) is 27.9 Å². The molecule has 0 radical (unpaired) electrons. The summed E-state index contributed by atoms with van der Waals surface area (Å²) in [5.41, 5.74) is 1.19. The van der Waals surface area contributed by atoms with Gasteiger partial charge in [-0.2, -0.15) is 0 Å². The fraction of sp³-hybridized carbons (Fsp3) is 0.333. The Morgan fingerprint density at radius 1 is 1.15 bits per heavy atom. The van der Waals surface area contributed by atoms with E-state index < -0.39 is 21.8 Å². The van der Waals surface area contributed by atoms with Gasteiger partial charge in [-0.25, -0.2) is 13.1 Å². The molecule has 0 spiro atoms. The molecule has 0 amide bonds. The van der Waals surface area contributed by atoms with Gasteiger partial charge in [0.1, 0.15) is 11.6 Å². The minimum atomic E-state index is -3.30. The third-order valence-corrected chi connectivity index (χ3v) is 6.68. The Kier molecular flexibility index (Phi) is 7.04. The number of rotatable bonds is 5. The zero-order valence-corrected chi connectivity index (χ0v) is 16.9. The van der Waals surface area contributed by atoms with Gasteiger partial charge in [0.25, 0.3) is 0 Å². The van der Waals surface area contributed by atoms with Crippen LogP contribution in [0.3, 0.4) is 0 Å². The van der Waals surface area contributed by atoms with Crippen LogP contribution in [0.2, 0.25) is 0 Å². The first-order chi connectivity index (χ1) is 11.9. The summed E-state index contributed by atoms with van der Waals surface area (Å²) in [6.45, 7) is 0.738. The van der Waals surface area contributed by atoms with Crippen molar-refractivity contribution in [2.75, 3.05) is 17.9 Å². The molecule has 2 aromatic rings. The molecule has 1 heterocycles. The number of anilines is 2. The number of fused-ring (bicyclic) bond motifs is 1. The molecule has 0 saturated heterocycles. The van der Waals surface area contributed by atoms with Crippen molar-refractivity contribution in [3.63, 3.8) is 0 Å². The summed E-state index contributed by atoms with van der Waals surface area (Å²) >= 11 is 0. The van der Waals surface area contributed by atoms with Crippen LogP contribution >= 0.6 is 27.8 Å². The highest BCUT2D eigenvalue weighted by molar-refractivity contribution is 8.93. The Morgan fingerprint density at radius 2 is 1.88 bits per heavy atom. The SMILES string of the molecule is Br.CNCCCC1Cc2cc(F)ccc2N(c2ccccc2F)S1(O)O. The summed E-state index contributed by atoms with van der Waals surface area (Å²) in [6.07, 6.45) is 1.64. The smallest absolute Gasteiger partial charge is 0.148 e. The molecule has 1 atom stereocenters. The molecule has 1 unspecified atom stereocenters. The molecular formula is C18H23BrF2N2O2S. The summed E-state index contributed by atoms with van der Waals surface area (Å²) in [5.74, 6) is -0.937. The van der Waals surface area contributed by atoms with Gasteiger partial charge in [-0.15, -0.1) is 27.8 Å². The number of halogens is 3. The topological polar surface area (TPSA) is 55.7 Å². The van der Waals surface area contributed by atoms with E-state index in [9.17, 15) is 17.9 Å². The zero-order valence-electron chi connectivity index (χ0n) is 14.4. The first-order valence-corrected chi connectivity index (χ1v) is 9.76. The molecule has 144 valence electrons. The highest BCUT2D eigenvalue weighted by atomic mass is 79.9. The van der Waals surface area contributed by atoms with Crippen molar-refractivity contribution < 1.29 is 17.9 Å². The van der Waals surface area contributed by atoms with E-state index in [4.69, 9.17) is 0 Å². The van der Waals surface area contributed by atoms with Crippen LogP contribution in [0.15, 0.2) is 42.5 Å². The average Bonchev–Trinajstić information content (AvgIpc) is 2.57. The fourth-order valence-electron chi connectivity index (χ4n) is 3.22. The summed E-state index contributed by atoms with van der Waals surface area (Å²) in [6, 6.07) is 10.1. The predicted molar refractivity (Wildman–Crippen MR) is 109 cm³/mol. The van der Waals surface area contributed by atoms with Gasteiger partial charge in [0.05, 0.1) is 16.6 Å². The summed E-state index contributed by atoms with van der Waals surface area (Å²) in [7, 11) is -1.47. The highest BCUT2D eigenvalue weighted by Crippen LogP contribution is 2.61. The normalized spacial score (nSPS) is 19.4. The van der Waals surface area contributed by atoms with Gasteiger partial charge < -0.3 is 5.32 Å². The first-order valence-electron chi connectivity index (χ1n) is 8.20. The van der Waals surface area contributed by atoms with Crippen LogP contribution < -0.4 is 9.62 Å². The van der Waals surface area contributed by atoms with Gasteiger partial charge in [-0.3, -0.25) is 9.11 Å². The molecule has 0 fully saturated rings. The van der Waals surface area contributed by atoms with Gasteiger partial charge >= 0.3 is 0 Å². The number of hydrogen-bond donors (Lipinski definition) is 3. The summed E-state index contributed by atoms with van der Waals surface area (Å²) < 4.78 is 51.3. The maximum atomic E-state index is 14.4. The zero-order chi connectivity index (χ0) is 18.0. The second kappa shape index (κ2) is 8.67. The number of nitrogens with zero attached hydrogens (tertiary/aromatic N) is 1. The van der Waals surface area contributed by atoms with E-state index in [0.29, 0.717) is 24.1 Å².